The number of rotatable bonds is 6. The molecule has 1 unspecified atom stereocenters. The van der Waals surface area contributed by atoms with Crippen LogP contribution in [0.4, 0.5) is 26.3 Å². The molecule has 1 aromatic heterocycles. The van der Waals surface area contributed by atoms with Gasteiger partial charge in [-0.3, -0.25) is 9.59 Å². The van der Waals surface area contributed by atoms with Crippen molar-refractivity contribution < 1.29 is 40.8 Å². The molecule has 0 aliphatic carbocycles. The summed E-state index contributed by atoms with van der Waals surface area (Å²) in [5, 5.41) is 8.74. The van der Waals surface area contributed by atoms with Crippen LogP contribution in [0.5, 0.6) is 0 Å². The van der Waals surface area contributed by atoms with E-state index < -0.39 is 49.3 Å². The third-order valence-corrected chi connectivity index (χ3v) is 6.48. The lowest BCUT2D eigenvalue weighted by Gasteiger charge is -2.29. The van der Waals surface area contributed by atoms with E-state index in [2.05, 4.69) is 10.5 Å². The molecule has 15 heteroatoms. The molecule has 2 heterocycles. The Labute approximate surface area is 208 Å². The standard InChI is InChI=1S/C20H15Cl2F6N3O3S/c1-9-13(7-35-16(9)17(33)29-6-15(32)30-8-19(23,24)25)14-5-18(34-31-14,20(26,27)28)10-2-11(21)4-12(22)3-10/h2-4,7H,5-6,8H2,1H3,(H,29,33)(H,30,32). The number of amides is 2. The SMILES string of the molecule is Cc1c(C2=NOC(c3cc(Cl)cc(Cl)c3)(C(F)(F)F)C2)csc1C(=O)NCC(=O)NCC(F)(F)F. The highest BCUT2D eigenvalue weighted by Gasteiger charge is 2.62. The Hall–Kier alpha value is -2.51. The van der Waals surface area contributed by atoms with Crippen LogP contribution in [0, 0.1) is 6.92 Å². The van der Waals surface area contributed by atoms with E-state index in [0.717, 1.165) is 23.5 Å². The molecule has 2 amide bonds. The number of halogens is 8. The third kappa shape index (κ3) is 6.01. The number of oxime groups is 1. The van der Waals surface area contributed by atoms with Crippen LogP contribution in [-0.4, -0.2) is 43.0 Å². The van der Waals surface area contributed by atoms with E-state index in [1.54, 1.807) is 5.32 Å². The van der Waals surface area contributed by atoms with Gasteiger partial charge in [0.15, 0.2) is 0 Å². The largest absolute Gasteiger partial charge is 0.435 e. The number of hydrogen-bond acceptors (Lipinski definition) is 5. The maximum Gasteiger partial charge on any atom is 0.435 e. The third-order valence-electron chi connectivity index (χ3n) is 4.97. The first-order chi connectivity index (χ1) is 16.1. The normalized spacial score (nSPS) is 18.1. The predicted molar refractivity (Wildman–Crippen MR) is 117 cm³/mol. The Kier molecular flexibility index (Phi) is 7.63. The highest BCUT2D eigenvalue weighted by Crippen LogP contribution is 2.50. The van der Waals surface area contributed by atoms with Gasteiger partial charge in [0.25, 0.3) is 11.5 Å². The Morgan fingerprint density at radius 2 is 1.74 bits per heavy atom. The molecular formula is C20H15Cl2F6N3O3S. The van der Waals surface area contributed by atoms with E-state index >= 15 is 0 Å². The molecule has 1 atom stereocenters. The van der Waals surface area contributed by atoms with Crippen LogP contribution in [-0.2, 0) is 15.2 Å². The minimum atomic E-state index is -4.90. The Morgan fingerprint density at radius 1 is 1.11 bits per heavy atom. The van der Waals surface area contributed by atoms with Crippen molar-refractivity contribution in [2.24, 2.45) is 5.16 Å². The van der Waals surface area contributed by atoms with Gasteiger partial charge < -0.3 is 15.5 Å². The van der Waals surface area contributed by atoms with Crippen LogP contribution < -0.4 is 10.6 Å². The second-order valence-corrected chi connectivity index (χ2v) is 9.22. The van der Waals surface area contributed by atoms with Crippen molar-refractivity contribution in [1.82, 2.24) is 10.6 Å². The molecule has 3 rings (SSSR count). The zero-order valence-corrected chi connectivity index (χ0v) is 19.9. The molecule has 1 aliphatic rings. The zero-order valence-electron chi connectivity index (χ0n) is 17.5. The van der Waals surface area contributed by atoms with Crippen LogP contribution >= 0.6 is 34.5 Å². The molecule has 2 N–H and O–H groups in total. The lowest BCUT2D eigenvalue weighted by Crippen LogP contribution is -2.42. The first-order valence-corrected chi connectivity index (χ1v) is 11.2. The van der Waals surface area contributed by atoms with Crippen molar-refractivity contribution in [3.63, 3.8) is 0 Å². The summed E-state index contributed by atoms with van der Waals surface area (Å²) >= 11 is 12.6. The van der Waals surface area contributed by atoms with Gasteiger partial charge in [-0.25, -0.2) is 0 Å². The second-order valence-electron chi connectivity index (χ2n) is 7.47. The van der Waals surface area contributed by atoms with E-state index in [1.165, 1.54) is 18.4 Å². The first kappa shape index (κ1) is 27.1. The summed E-state index contributed by atoms with van der Waals surface area (Å²) in [5.74, 6) is -1.85. The number of carbonyl (C=O) groups is 2. The van der Waals surface area contributed by atoms with Crippen LogP contribution in [0.1, 0.15) is 32.8 Å². The highest BCUT2D eigenvalue weighted by atomic mass is 35.5. The van der Waals surface area contributed by atoms with Gasteiger partial charge in [0.1, 0.15) is 6.54 Å². The quantitative estimate of drug-likeness (QED) is 0.466. The fourth-order valence-corrected chi connectivity index (χ4v) is 4.80. The molecule has 35 heavy (non-hydrogen) atoms. The molecule has 2 aromatic rings. The Bertz CT molecular complexity index is 1160. The van der Waals surface area contributed by atoms with E-state index in [4.69, 9.17) is 28.0 Å². The maximum atomic E-state index is 14.1. The average molecular weight is 562 g/mol. The fourth-order valence-electron chi connectivity index (χ4n) is 3.26. The molecule has 1 aromatic carbocycles. The number of nitrogens with zero attached hydrogens (tertiary/aromatic N) is 1. The van der Waals surface area contributed by atoms with Gasteiger partial charge in [-0.2, -0.15) is 26.3 Å². The first-order valence-electron chi connectivity index (χ1n) is 9.61. The number of alkyl halides is 6. The fraction of sp³-hybridized carbons (Fsp3) is 0.350. The van der Waals surface area contributed by atoms with Gasteiger partial charge in [0.05, 0.1) is 23.6 Å². The molecular weight excluding hydrogens is 547 g/mol. The monoisotopic (exact) mass is 561 g/mol. The highest BCUT2D eigenvalue weighted by molar-refractivity contribution is 7.12. The van der Waals surface area contributed by atoms with Crippen molar-refractivity contribution in [2.45, 2.75) is 31.3 Å². The summed E-state index contributed by atoms with van der Waals surface area (Å²) in [4.78, 5) is 28.9. The van der Waals surface area contributed by atoms with Crippen molar-refractivity contribution in [3.05, 3.63) is 55.2 Å². The molecule has 0 saturated heterocycles. The van der Waals surface area contributed by atoms with Gasteiger partial charge in [0, 0.05) is 26.6 Å². The lowest BCUT2D eigenvalue weighted by atomic mass is 9.86. The summed E-state index contributed by atoms with van der Waals surface area (Å²) in [6, 6.07) is 3.41. The molecule has 0 fully saturated rings. The van der Waals surface area contributed by atoms with E-state index in [1.807, 2.05) is 0 Å². The summed E-state index contributed by atoms with van der Waals surface area (Å²) in [7, 11) is 0. The topological polar surface area (TPSA) is 79.8 Å². The molecule has 1 aliphatic heterocycles. The zero-order chi connectivity index (χ0) is 26.2. The van der Waals surface area contributed by atoms with E-state index in [-0.39, 0.29) is 37.3 Å². The summed E-state index contributed by atoms with van der Waals surface area (Å²) in [6.07, 6.45) is -10.2. The van der Waals surface area contributed by atoms with Gasteiger partial charge in [-0.15, -0.1) is 11.3 Å². The number of carbonyl (C=O) groups excluding carboxylic acids is 2. The van der Waals surface area contributed by atoms with Crippen LogP contribution in [0.25, 0.3) is 0 Å². The lowest BCUT2D eigenvalue weighted by molar-refractivity contribution is -0.275. The van der Waals surface area contributed by atoms with E-state index in [0.29, 0.717) is 0 Å². The molecule has 0 radical (unpaired) electrons. The second kappa shape index (κ2) is 9.86. The van der Waals surface area contributed by atoms with Gasteiger partial charge in [0.2, 0.25) is 5.91 Å². The number of hydrogen-bond donors (Lipinski definition) is 2. The molecule has 6 nitrogen and oxygen atoms in total. The molecule has 190 valence electrons. The summed E-state index contributed by atoms with van der Waals surface area (Å²) in [5.41, 5.74) is -2.83. The van der Waals surface area contributed by atoms with Crippen molar-refractivity contribution in [3.8, 4) is 0 Å². The summed E-state index contributed by atoms with van der Waals surface area (Å²) in [6.45, 7) is -0.822. The van der Waals surface area contributed by atoms with Crippen molar-refractivity contribution >= 4 is 52.1 Å². The van der Waals surface area contributed by atoms with Crippen molar-refractivity contribution in [1.29, 1.82) is 0 Å². The number of benzene rings is 1. The van der Waals surface area contributed by atoms with Crippen LogP contribution in [0.2, 0.25) is 10.0 Å². The molecule has 0 bridgehead atoms. The summed E-state index contributed by atoms with van der Waals surface area (Å²) < 4.78 is 78.9. The van der Waals surface area contributed by atoms with Crippen LogP contribution in [0.15, 0.2) is 28.7 Å². The molecule has 0 spiro atoms. The van der Waals surface area contributed by atoms with Gasteiger partial charge >= 0.3 is 12.4 Å². The minimum absolute atomic E-state index is 0.0295. The minimum Gasteiger partial charge on any atom is -0.374 e. The average Bonchev–Trinajstić information content (AvgIpc) is 3.33. The Morgan fingerprint density at radius 3 is 2.31 bits per heavy atom. The Balaban J connectivity index is 1.77. The predicted octanol–water partition coefficient (Wildman–Crippen LogP) is 5.35. The smallest absolute Gasteiger partial charge is 0.374 e. The van der Waals surface area contributed by atoms with Gasteiger partial charge in [-0.05, 0) is 30.7 Å². The number of nitrogens with one attached hydrogen (secondary N) is 2. The van der Waals surface area contributed by atoms with Crippen molar-refractivity contribution in [2.75, 3.05) is 13.1 Å². The van der Waals surface area contributed by atoms with Crippen LogP contribution in [0.3, 0.4) is 0 Å². The number of thiophene rings is 1. The van der Waals surface area contributed by atoms with Gasteiger partial charge in [-0.1, -0.05) is 28.4 Å². The van der Waals surface area contributed by atoms with E-state index in [9.17, 15) is 35.9 Å². The maximum absolute atomic E-state index is 14.1. The molecule has 0 saturated carbocycles.